The lowest BCUT2D eigenvalue weighted by Gasteiger charge is -2.48. The summed E-state index contributed by atoms with van der Waals surface area (Å²) >= 11 is 0. The standard InChI is InChI=1S/C24H29N3O2.C4H8O.C2H6/c1-3-26(4-2)24(29)18-12-13-21-20(15-18)23-19(11-8-14-27(23)16-28)22(25-21)17-9-6-5-7-10-17;1-3-4-5-2;1-2/h5-7,9-10,12-13,15-16,19,22-23,25H,3-4,8,11,14H2,1-2H3;3H,1,4H2,2H3;1-2H3. The summed E-state index contributed by atoms with van der Waals surface area (Å²) < 4.78 is 4.57. The summed E-state index contributed by atoms with van der Waals surface area (Å²) in [4.78, 5) is 28.6. The first-order chi connectivity index (χ1) is 17.6. The molecule has 1 fully saturated rings. The fourth-order valence-corrected chi connectivity index (χ4v) is 5.08. The van der Waals surface area contributed by atoms with Crippen molar-refractivity contribution in [1.29, 1.82) is 0 Å². The molecule has 0 radical (unpaired) electrons. The van der Waals surface area contributed by atoms with Crippen LogP contribution in [0.5, 0.6) is 0 Å². The van der Waals surface area contributed by atoms with Crippen LogP contribution in [-0.4, -0.2) is 55.5 Å². The fraction of sp³-hybridized carbons (Fsp3) is 0.467. The Morgan fingerprint density at radius 1 is 1.17 bits per heavy atom. The normalized spacial score (nSPS) is 19.6. The van der Waals surface area contributed by atoms with E-state index in [1.807, 2.05) is 61.8 Å². The van der Waals surface area contributed by atoms with Crippen molar-refractivity contribution in [3.63, 3.8) is 0 Å². The molecule has 1 N–H and O–H groups in total. The van der Waals surface area contributed by atoms with Crippen molar-refractivity contribution in [2.24, 2.45) is 5.92 Å². The largest absolute Gasteiger partial charge is 0.381 e. The van der Waals surface area contributed by atoms with E-state index in [4.69, 9.17) is 0 Å². The van der Waals surface area contributed by atoms with Gasteiger partial charge in [0.1, 0.15) is 0 Å². The number of benzene rings is 2. The van der Waals surface area contributed by atoms with E-state index in [-0.39, 0.29) is 23.9 Å². The second-order valence-electron chi connectivity index (χ2n) is 8.65. The molecular formula is C30H43N3O3. The predicted molar refractivity (Wildman–Crippen MR) is 148 cm³/mol. The molecule has 196 valence electrons. The number of rotatable bonds is 7. The van der Waals surface area contributed by atoms with E-state index in [0.717, 1.165) is 37.0 Å². The number of nitrogens with zero attached hydrogens (tertiary/aromatic N) is 2. The highest BCUT2D eigenvalue weighted by molar-refractivity contribution is 5.95. The molecule has 6 heteroatoms. The molecule has 0 bridgehead atoms. The van der Waals surface area contributed by atoms with Crippen LogP contribution in [0.15, 0.2) is 61.2 Å². The highest BCUT2D eigenvalue weighted by Gasteiger charge is 2.42. The molecule has 3 unspecified atom stereocenters. The lowest BCUT2D eigenvalue weighted by atomic mass is 9.74. The van der Waals surface area contributed by atoms with Gasteiger partial charge >= 0.3 is 0 Å². The number of carbonyl (C=O) groups excluding carboxylic acids is 2. The lowest BCUT2D eigenvalue weighted by Crippen LogP contribution is -2.45. The summed E-state index contributed by atoms with van der Waals surface area (Å²) in [7, 11) is 1.64. The summed E-state index contributed by atoms with van der Waals surface area (Å²) in [5, 5.41) is 3.71. The second kappa shape index (κ2) is 15.1. The maximum Gasteiger partial charge on any atom is 0.253 e. The van der Waals surface area contributed by atoms with Crippen LogP contribution in [0, 0.1) is 5.92 Å². The summed E-state index contributed by atoms with van der Waals surface area (Å²) in [5.41, 5.74) is 4.02. The van der Waals surface area contributed by atoms with Crippen molar-refractivity contribution in [1.82, 2.24) is 9.80 Å². The van der Waals surface area contributed by atoms with Crippen LogP contribution in [0.2, 0.25) is 0 Å². The Balaban J connectivity index is 0.000000583. The molecular weight excluding hydrogens is 450 g/mol. The van der Waals surface area contributed by atoms with Crippen molar-refractivity contribution in [2.75, 3.05) is 38.7 Å². The molecule has 0 spiro atoms. The highest BCUT2D eigenvalue weighted by Crippen LogP contribution is 2.50. The molecule has 2 aliphatic rings. The molecule has 2 aliphatic heterocycles. The fourth-order valence-electron chi connectivity index (χ4n) is 5.08. The van der Waals surface area contributed by atoms with E-state index in [9.17, 15) is 9.59 Å². The smallest absolute Gasteiger partial charge is 0.253 e. The Morgan fingerprint density at radius 2 is 1.86 bits per heavy atom. The van der Waals surface area contributed by atoms with Gasteiger partial charge in [0.2, 0.25) is 6.41 Å². The van der Waals surface area contributed by atoms with Gasteiger partial charge in [0.15, 0.2) is 0 Å². The zero-order chi connectivity index (χ0) is 26.5. The third-order valence-electron chi connectivity index (χ3n) is 6.70. The van der Waals surface area contributed by atoms with E-state index >= 15 is 0 Å². The third-order valence-corrected chi connectivity index (χ3v) is 6.70. The van der Waals surface area contributed by atoms with Gasteiger partial charge in [-0.1, -0.05) is 50.3 Å². The number of piperidine rings is 1. The first-order valence-electron chi connectivity index (χ1n) is 13.1. The van der Waals surface area contributed by atoms with Gasteiger partial charge in [0.25, 0.3) is 5.91 Å². The van der Waals surface area contributed by atoms with E-state index in [2.05, 4.69) is 40.9 Å². The van der Waals surface area contributed by atoms with Crippen LogP contribution in [0.25, 0.3) is 0 Å². The van der Waals surface area contributed by atoms with Crippen LogP contribution in [0.3, 0.4) is 0 Å². The minimum absolute atomic E-state index is 0.00726. The van der Waals surface area contributed by atoms with Crippen LogP contribution >= 0.6 is 0 Å². The Bertz CT molecular complexity index is 959. The maximum absolute atomic E-state index is 12.9. The zero-order valence-electron chi connectivity index (χ0n) is 22.6. The molecule has 6 nitrogen and oxygen atoms in total. The molecule has 4 rings (SSSR count). The summed E-state index contributed by atoms with van der Waals surface area (Å²) in [6.07, 6.45) is 4.74. The Labute approximate surface area is 217 Å². The van der Waals surface area contributed by atoms with Gasteiger partial charge in [0, 0.05) is 43.9 Å². The van der Waals surface area contributed by atoms with Gasteiger partial charge in [-0.25, -0.2) is 0 Å². The maximum atomic E-state index is 12.9. The average Bonchev–Trinajstić information content (AvgIpc) is 2.94. The Hall–Kier alpha value is -3.12. The molecule has 36 heavy (non-hydrogen) atoms. The highest BCUT2D eigenvalue weighted by atomic mass is 16.5. The summed E-state index contributed by atoms with van der Waals surface area (Å²) in [6, 6.07) is 16.5. The first kappa shape index (κ1) is 29.1. The van der Waals surface area contributed by atoms with Gasteiger partial charge in [-0.05, 0) is 56.0 Å². The monoisotopic (exact) mass is 493 g/mol. The molecule has 2 heterocycles. The predicted octanol–water partition coefficient (Wildman–Crippen LogP) is 6.09. The number of hydrogen-bond acceptors (Lipinski definition) is 4. The summed E-state index contributed by atoms with van der Waals surface area (Å²) in [6.45, 7) is 14.2. The van der Waals surface area contributed by atoms with Gasteiger partial charge in [-0.15, -0.1) is 6.58 Å². The number of fused-ring (bicyclic) bond motifs is 3. The number of nitrogens with one attached hydrogen (secondary N) is 1. The Kier molecular flexibility index (Phi) is 12.2. The van der Waals surface area contributed by atoms with E-state index < -0.39 is 0 Å². The molecule has 0 aliphatic carbocycles. The molecule has 0 aromatic heterocycles. The van der Waals surface area contributed by atoms with Crippen molar-refractivity contribution < 1.29 is 14.3 Å². The van der Waals surface area contributed by atoms with E-state index in [1.165, 1.54) is 5.56 Å². The minimum atomic E-state index is -0.00726. The molecule has 2 amide bonds. The van der Waals surface area contributed by atoms with Crippen LogP contribution < -0.4 is 5.32 Å². The van der Waals surface area contributed by atoms with Crippen LogP contribution in [0.4, 0.5) is 5.69 Å². The van der Waals surface area contributed by atoms with Crippen LogP contribution in [0.1, 0.15) is 74.1 Å². The number of amides is 2. The SMILES string of the molecule is C=CCOC.CC.CCN(CC)C(=O)c1ccc2c(c1)C1C(CCCN1C=O)C(c1ccccc1)N2. The van der Waals surface area contributed by atoms with Crippen LogP contribution in [-0.2, 0) is 9.53 Å². The van der Waals surface area contributed by atoms with Crippen molar-refractivity contribution >= 4 is 18.0 Å². The van der Waals surface area contributed by atoms with Gasteiger partial charge < -0.3 is 19.9 Å². The number of hydrogen-bond donors (Lipinski definition) is 1. The zero-order valence-corrected chi connectivity index (χ0v) is 22.6. The molecule has 0 saturated carbocycles. The van der Waals surface area contributed by atoms with Gasteiger partial charge in [-0.2, -0.15) is 0 Å². The van der Waals surface area contributed by atoms with Crippen molar-refractivity contribution in [2.45, 2.75) is 52.6 Å². The number of methoxy groups -OCH3 is 1. The quantitative estimate of drug-likeness (QED) is 0.374. The van der Waals surface area contributed by atoms with E-state index in [1.54, 1.807) is 13.2 Å². The lowest BCUT2D eigenvalue weighted by molar-refractivity contribution is -0.123. The Morgan fingerprint density at radius 3 is 2.42 bits per heavy atom. The first-order valence-corrected chi connectivity index (χ1v) is 13.1. The topological polar surface area (TPSA) is 61.9 Å². The number of likely N-dealkylation sites (tertiary alicyclic amines) is 1. The van der Waals surface area contributed by atoms with Gasteiger partial charge in [-0.3, -0.25) is 9.59 Å². The van der Waals surface area contributed by atoms with Crippen molar-refractivity contribution in [3.8, 4) is 0 Å². The number of carbonyl (C=O) groups is 2. The molecule has 2 aromatic rings. The number of anilines is 1. The summed E-state index contributed by atoms with van der Waals surface area (Å²) in [5.74, 6) is 0.329. The number of ether oxygens (including phenoxy) is 1. The molecule has 3 atom stereocenters. The third kappa shape index (κ3) is 6.76. The van der Waals surface area contributed by atoms with Crippen molar-refractivity contribution in [3.05, 3.63) is 77.9 Å². The van der Waals surface area contributed by atoms with Gasteiger partial charge in [0.05, 0.1) is 18.7 Å². The molecule has 2 aromatic carbocycles. The van der Waals surface area contributed by atoms with E-state index in [0.29, 0.717) is 25.3 Å². The second-order valence-corrected chi connectivity index (χ2v) is 8.65. The minimum Gasteiger partial charge on any atom is -0.381 e. The average molecular weight is 494 g/mol. The molecule has 1 saturated heterocycles.